The third-order valence-electron chi connectivity index (χ3n) is 3.96. The lowest BCUT2D eigenvalue weighted by Crippen LogP contribution is -2.27. The number of aromatic nitrogens is 2. The molecule has 1 N–H and O–H groups in total. The molecule has 1 aromatic rings. The summed E-state index contributed by atoms with van der Waals surface area (Å²) in [4.78, 5) is 16.3. The smallest absolute Gasteiger partial charge is 0.224 e. The molecule has 0 radical (unpaired) electrons. The van der Waals surface area contributed by atoms with E-state index in [-0.39, 0.29) is 17.2 Å². The lowest BCUT2D eigenvalue weighted by molar-refractivity contribution is -0.123. The topological polar surface area (TPSA) is 46.9 Å². The van der Waals surface area contributed by atoms with E-state index in [1.807, 2.05) is 25.5 Å². The first kappa shape index (κ1) is 12.1. The number of carbonyl (C=O) groups excluding carboxylic acids is 1. The second kappa shape index (κ2) is 3.86. The summed E-state index contributed by atoms with van der Waals surface area (Å²) in [6.45, 7) is 8.82. The Bertz CT molecular complexity index is 459. The number of hydrogen-bond donors (Lipinski definition) is 1. The SMILES string of the molecule is Cc1nc(CNC(=O)[C@H]2CC2(C)C)n(C)c1C. The first-order chi connectivity index (χ1) is 7.83. The molecule has 94 valence electrons. The highest BCUT2D eigenvalue weighted by Crippen LogP contribution is 2.51. The highest BCUT2D eigenvalue weighted by Gasteiger charge is 2.50. The van der Waals surface area contributed by atoms with Crippen LogP contribution in [0.3, 0.4) is 0 Å². The van der Waals surface area contributed by atoms with E-state index in [0.29, 0.717) is 6.54 Å². The molecule has 0 aromatic carbocycles. The number of carbonyl (C=O) groups is 1. The molecule has 1 atom stereocenters. The lowest BCUT2D eigenvalue weighted by Gasteiger charge is -2.07. The van der Waals surface area contributed by atoms with Crippen LogP contribution in [0.1, 0.15) is 37.5 Å². The minimum Gasteiger partial charge on any atom is -0.349 e. The highest BCUT2D eigenvalue weighted by atomic mass is 16.2. The number of rotatable bonds is 3. The zero-order valence-electron chi connectivity index (χ0n) is 11.3. The summed E-state index contributed by atoms with van der Waals surface area (Å²) < 4.78 is 2.04. The molecule has 1 heterocycles. The van der Waals surface area contributed by atoms with Crippen LogP contribution in [-0.4, -0.2) is 15.5 Å². The molecule has 1 aliphatic rings. The van der Waals surface area contributed by atoms with E-state index in [1.54, 1.807) is 0 Å². The molecular formula is C13H21N3O. The standard InChI is InChI=1S/C13H21N3O/c1-8-9(2)16(5)11(15-8)7-14-12(17)10-6-13(10,3)4/h10H,6-7H2,1-5H3,(H,14,17)/t10-/m1/s1. The predicted octanol–water partition coefficient (Wildman–Crippen LogP) is 1.70. The summed E-state index contributed by atoms with van der Waals surface area (Å²) >= 11 is 0. The van der Waals surface area contributed by atoms with Gasteiger partial charge in [-0.25, -0.2) is 4.98 Å². The Hall–Kier alpha value is -1.32. The van der Waals surface area contributed by atoms with Crippen LogP contribution < -0.4 is 5.32 Å². The van der Waals surface area contributed by atoms with Gasteiger partial charge in [0.25, 0.3) is 0 Å². The summed E-state index contributed by atoms with van der Waals surface area (Å²) in [5.74, 6) is 1.27. The van der Waals surface area contributed by atoms with Crippen molar-refractivity contribution in [3.8, 4) is 0 Å². The van der Waals surface area contributed by atoms with Gasteiger partial charge in [-0.1, -0.05) is 13.8 Å². The maximum Gasteiger partial charge on any atom is 0.224 e. The third kappa shape index (κ3) is 2.21. The number of hydrogen-bond acceptors (Lipinski definition) is 2. The van der Waals surface area contributed by atoms with Crippen molar-refractivity contribution in [3.05, 3.63) is 17.2 Å². The lowest BCUT2D eigenvalue weighted by atomic mass is 10.1. The first-order valence-corrected chi connectivity index (χ1v) is 6.09. The van der Waals surface area contributed by atoms with Crippen LogP contribution in [-0.2, 0) is 18.4 Å². The first-order valence-electron chi connectivity index (χ1n) is 6.09. The average molecular weight is 235 g/mol. The van der Waals surface area contributed by atoms with Gasteiger partial charge in [-0.2, -0.15) is 0 Å². The van der Waals surface area contributed by atoms with Gasteiger partial charge in [0.05, 0.1) is 12.2 Å². The minimum atomic E-state index is 0.160. The van der Waals surface area contributed by atoms with E-state index in [9.17, 15) is 4.79 Å². The summed E-state index contributed by atoms with van der Waals surface area (Å²) in [5, 5.41) is 2.98. The van der Waals surface area contributed by atoms with Crippen molar-refractivity contribution in [2.75, 3.05) is 0 Å². The van der Waals surface area contributed by atoms with Crippen molar-refractivity contribution >= 4 is 5.91 Å². The van der Waals surface area contributed by atoms with Gasteiger partial charge in [0, 0.05) is 18.7 Å². The Balaban J connectivity index is 1.94. The molecule has 4 nitrogen and oxygen atoms in total. The molecule has 1 aliphatic carbocycles. The number of nitrogens with one attached hydrogen (secondary N) is 1. The summed E-state index contributed by atoms with van der Waals surface area (Å²) in [7, 11) is 1.98. The van der Waals surface area contributed by atoms with Gasteiger partial charge in [0.1, 0.15) is 5.82 Å². The second-order valence-electron chi connectivity index (χ2n) is 5.72. The minimum absolute atomic E-state index is 0.160. The highest BCUT2D eigenvalue weighted by molar-refractivity contribution is 5.82. The van der Waals surface area contributed by atoms with E-state index < -0.39 is 0 Å². The van der Waals surface area contributed by atoms with Crippen LogP contribution in [0.15, 0.2) is 0 Å². The van der Waals surface area contributed by atoms with Gasteiger partial charge in [-0.05, 0) is 25.7 Å². The van der Waals surface area contributed by atoms with E-state index in [2.05, 4.69) is 24.1 Å². The fraction of sp³-hybridized carbons (Fsp3) is 0.692. The van der Waals surface area contributed by atoms with Crippen molar-refractivity contribution in [1.82, 2.24) is 14.9 Å². The third-order valence-corrected chi connectivity index (χ3v) is 3.96. The van der Waals surface area contributed by atoms with E-state index >= 15 is 0 Å². The summed E-state index contributed by atoms with van der Waals surface area (Å²) in [6.07, 6.45) is 0.997. The average Bonchev–Trinajstić information content (AvgIpc) is 2.83. The van der Waals surface area contributed by atoms with E-state index in [0.717, 1.165) is 23.6 Å². The normalized spacial score (nSPS) is 21.4. The fourth-order valence-electron chi connectivity index (χ4n) is 2.15. The van der Waals surface area contributed by atoms with Crippen LogP contribution in [0.25, 0.3) is 0 Å². The molecule has 0 aliphatic heterocycles. The van der Waals surface area contributed by atoms with Crippen LogP contribution in [0.5, 0.6) is 0 Å². The molecule has 0 bridgehead atoms. The molecule has 17 heavy (non-hydrogen) atoms. The molecule has 2 rings (SSSR count). The van der Waals surface area contributed by atoms with Gasteiger partial charge in [0.15, 0.2) is 0 Å². The molecular weight excluding hydrogens is 214 g/mol. The molecule has 0 spiro atoms. The van der Waals surface area contributed by atoms with Crippen LogP contribution in [0.4, 0.5) is 0 Å². The Morgan fingerprint density at radius 3 is 2.53 bits per heavy atom. The molecule has 1 fully saturated rings. The zero-order valence-corrected chi connectivity index (χ0v) is 11.3. The van der Waals surface area contributed by atoms with Crippen LogP contribution >= 0.6 is 0 Å². The Labute approximate surface area is 102 Å². The summed E-state index contributed by atoms with van der Waals surface area (Å²) in [5.41, 5.74) is 2.38. The molecule has 1 amide bonds. The molecule has 1 saturated carbocycles. The second-order valence-corrected chi connectivity index (χ2v) is 5.72. The molecule has 0 unspecified atom stereocenters. The maximum atomic E-state index is 11.8. The number of amides is 1. The van der Waals surface area contributed by atoms with Crippen molar-refractivity contribution in [1.29, 1.82) is 0 Å². The van der Waals surface area contributed by atoms with Crippen molar-refractivity contribution in [2.24, 2.45) is 18.4 Å². The van der Waals surface area contributed by atoms with Gasteiger partial charge in [0.2, 0.25) is 5.91 Å². The quantitative estimate of drug-likeness (QED) is 0.866. The van der Waals surface area contributed by atoms with Gasteiger partial charge >= 0.3 is 0 Å². The number of imidazole rings is 1. The Kier molecular flexibility index (Phi) is 2.76. The van der Waals surface area contributed by atoms with Gasteiger partial charge in [-0.15, -0.1) is 0 Å². The van der Waals surface area contributed by atoms with Crippen molar-refractivity contribution in [3.63, 3.8) is 0 Å². The zero-order chi connectivity index (χ0) is 12.8. The van der Waals surface area contributed by atoms with Crippen molar-refractivity contribution < 1.29 is 4.79 Å². The van der Waals surface area contributed by atoms with E-state index in [1.165, 1.54) is 0 Å². The fourth-order valence-corrected chi connectivity index (χ4v) is 2.15. The predicted molar refractivity (Wildman–Crippen MR) is 66.4 cm³/mol. The summed E-state index contributed by atoms with van der Waals surface area (Å²) in [6, 6.07) is 0. The van der Waals surface area contributed by atoms with Gasteiger partial charge in [-0.3, -0.25) is 4.79 Å². The van der Waals surface area contributed by atoms with Gasteiger partial charge < -0.3 is 9.88 Å². The largest absolute Gasteiger partial charge is 0.349 e. The molecule has 4 heteroatoms. The van der Waals surface area contributed by atoms with Crippen molar-refractivity contribution in [2.45, 2.75) is 40.7 Å². The van der Waals surface area contributed by atoms with E-state index in [4.69, 9.17) is 0 Å². The Morgan fingerprint density at radius 1 is 1.53 bits per heavy atom. The molecule has 1 aromatic heterocycles. The number of aryl methyl sites for hydroxylation is 1. The number of nitrogens with zero attached hydrogens (tertiary/aromatic N) is 2. The monoisotopic (exact) mass is 235 g/mol. The van der Waals surface area contributed by atoms with Crippen LogP contribution in [0.2, 0.25) is 0 Å². The van der Waals surface area contributed by atoms with Crippen LogP contribution in [0, 0.1) is 25.2 Å². The molecule has 0 saturated heterocycles. The Morgan fingerprint density at radius 2 is 2.12 bits per heavy atom. The maximum absolute atomic E-state index is 11.8.